The van der Waals surface area contributed by atoms with Gasteiger partial charge in [-0.1, -0.05) is 0 Å². The monoisotopic (exact) mass is 422 g/mol. The molecule has 4 heterocycles. The number of carbonyl (C=O) groups excluding carboxylic acids is 1. The lowest BCUT2D eigenvalue weighted by molar-refractivity contribution is -0.120. The minimum atomic E-state index is 0.205. The van der Waals surface area contributed by atoms with Crippen molar-refractivity contribution in [2.75, 3.05) is 10.6 Å². The van der Waals surface area contributed by atoms with Crippen molar-refractivity contribution in [1.82, 2.24) is 28.7 Å². The van der Waals surface area contributed by atoms with Crippen LogP contribution in [0.25, 0.3) is 16.7 Å². The summed E-state index contributed by atoms with van der Waals surface area (Å²) in [7, 11) is 1.89. The van der Waals surface area contributed by atoms with Gasteiger partial charge in [0.05, 0.1) is 23.1 Å². The maximum atomic E-state index is 11.7. The van der Waals surface area contributed by atoms with Gasteiger partial charge in [0, 0.05) is 38.3 Å². The van der Waals surface area contributed by atoms with Crippen molar-refractivity contribution in [3.63, 3.8) is 0 Å². The third-order valence-corrected chi connectivity index (χ3v) is 6.05. The van der Waals surface area contributed by atoms with Gasteiger partial charge in [-0.15, -0.1) is 0 Å². The number of aryl methyl sites for hydroxylation is 2. The normalized spacial score (nSPS) is 15.1. The van der Waals surface area contributed by atoms with Crippen LogP contribution in [0.15, 0.2) is 30.7 Å². The summed E-state index contributed by atoms with van der Waals surface area (Å²) in [6.45, 7) is 1.96. The van der Waals surface area contributed by atoms with Gasteiger partial charge < -0.3 is 15.2 Å². The van der Waals surface area contributed by atoms with Gasteiger partial charge in [0.1, 0.15) is 16.3 Å². The first-order valence-electron chi connectivity index (χ1n) is 9.92. The number of hydrogen-bond acceptors (Lipinski definition) is 8. The zero-order valence-corrected chi connectivity index (χ0v) is 17.6. The van der Waals surface area contributed by atoms with E-state index in [1.807, 2.05) is 49.3 Å². The SMILES string of the molecule is Cc1cc(Nc2nc(NC3CCC(=O)CC3)c3c(ccn3-c3cnn(C)c3)n2)sn1. The number of rotatable bonds is 5. The molecule has 0 amide bonds. The van der Waals surface area contributed by atoms with Crippen molar-refractivity contribution in [2.24, 2.45) is 7.05 Å². The van der Waals surface area contributed by atoms with Crippen molar-refractivity contribution < 1.29 is 4.79 Å². The van der Waals surface area contributed by atoms with Crippen molar-refractivity contribution in [1.29, 1.82) is 0 Å². The fourth-order valence-corrected chi connectivity index (χ4v) is 4.42. The summed E-state index contributed by atoms with van der Waals surface area (Å²) in [6, 6.07) is 4.15. The molecule has 0 aliphatic heterocycles. The zero-order chi connectivity index (χ0) is 20.7. The molecule has 154 valence electrons. The summed E-state index contributed by atoms with van der Waals surface area (Å²) < 4.78 is 8.12. The molecule has 5 rings (SSSR count). The molecule has 1 fully saturated rings. The van der Waals surface area contributed by atoms with E-state index in [9.17, 15) is 4.79 Å². The Morgan fingerprint density at radius 3 is 2.77 bits per heavy atom. The second-order valence-corrected chi connectivity index (χ2v) is 8.41. The fraction of sp³-hybridized carbons (Fsp3) is 0.350. The third-order valence-electron chi connectivity index (χ3n) is 5.25. The lowest BCUT2D eigenvalue weighted by atomic mass is 9.94. The molecule has 4 aromatic rings. The molecule has 0 atom stereocenters. The summed E-state index contributed by atoms with van der Waals surface area (Å²) in [6.07, 6.45) is 8.60. The highest BCUT2D eigenvalue weighted by molar-refractivity contribution is 7.10. The van der Waals surface area contributed by atoms with Crippen LogP contribution in [-0.4, -0.2) is 40.5 Å². The fourth-order valence-electron chi connectivity index (χ4n) is 3.76. The van der Waals surface area contributed by atoms with Crippen molar-refractivity contribution in [3.05, 3.63) is 36.4 Å². The molecule has 1 aliphatic carbocycles. The first kappa shape index (κ1) is 18.7. The first-order valence-corrected chi connectivity index (χ1v) is 10.7. The molecule has 10 heteroatoms. The van der Waals surface area contributed by atoms with E-state index in [0.29, 0.717) is 24.6 Å². The molecule has 0 unspecified atom stereocenters. The molecule has 0 saturated heterocycles. The molecule has 30 heavy (non-hydrogen) atoms. The number of nitrogens with one attached hydrogen (secondary N) is 2. The van der Waals surface area contributed by atoms with Crippen LogP contribution < -0.4 is 10.6 Å². The van der Waals surface area contributed by atoms with Gasteiger partial charge in [-0.3, -0.25) is 9.48 Å². The molecule has 9 nitrogen and oxygen atoms in total. The molecule has 0 spiro atoms. The Bertz CT molecular complexity index is 1210. The van der Waals surface area contributed by atoms with Crippen LogP contribution >= 0.6 is 11.5 Å². The molecule has 0 aromatic carbocycles. The van der Waals surface area contributed by atoms with Crippen LogP contribution in [0.4, 0.5) is 16.8 Å². The van der Waals surface area contributed by atoms with Gasteiger partial charge in [-0.25, -0.2) is 4.98 Å². The smallest absolute Gasteiger partial charge is 0.230 e. The summed E-state index contributed by atoms with van der Waals surface area (Å²) in [4.78, 5) is 21.2. The average Bonchev–Trinajstić information content (AvgIpc) is 3.44. The van der Waals surface area contributed by atoms with Crippen LogP contribution in [0.2, 0.25) is 0 Å². The predicted octanol–water partition coefficient (Wildman–Crippen LogP) is 3.59. The van der Waals surface area contributed by atoms with Crippen molar-refractivity contribution in [2.45, 2.75) is 38.6 Å². The Morgan fingerprint density at radius 2 is 2.07 bits per heavy atom. The van der Waals surface area contributed by atoms with Gasteiger partial charge in [0.15, 0.2) is 5.82 Å². The van der Waals surface area contributed by atoms with Gasteiger partial charge in [-0.05, 0) is 43.4 Å². The summed E-state index contributed by atoms with van der Waals surface area (Å²) >= 11 is 1.38. The van der Waals surface area contributed by atoms with Crippen LogP contribution in [0, 0.1) is 6.92 Å². The Hall–Kier alpha value is -3.27. The lowest BCUT2D eigenvalue weighted by Gasteiger charge is -2.23. The van der Waals surface area contributed by atoms with E-state index in [1.54, 1.807) is 4.68 Å². The standard InChI is InChI=1S/C20H22N8OS/c1-12-9-17(30-26-12)24-20-23-16-7-8-28(14-10-21-27(2)11-14)18(16)19(25-20)22-13-3-5-15(29)6-4-13/h7-11,13H,3-6H2,1-2H3,(H2,22,23,24,25). The molecular formula is C20H22N8OS. The first-order chi connectivity index (χ1) is 14.5. The second-order valence-electron chi connectivity index (χ2n) is 7.60. The Balaban J connectivity index is 1.56. The number of aromatic nitrogens is 6. The van der Waals surface area contributed by atoms with E-state index >= 15 is 0 Å². The third kappa shape index (κ3) is 3.65. The van der Waals surface area contributed by atoms with Crippen molar-refractivity contribution in [3.8, 4) is 5.69 Å². The summed E-state index contributed by atoms with van der Waals surface area (Å²) in [5.74, 6) is 1.60. The van der Waals surface area contributed by atoms with Gasteiger partial charge in [-0.2, -0.15) is 14.5 Å². The molecule has 1 saturated carbocycles. The van der Waals surface area contributed by atoms with E-state index < -0.39 is 0 Å². The molecule has 2 N–H and O–H groups in total. The Labute approximate surface area is 177 Å². The minimum absolute atomic E-state index is 0.205. The molecular weight excluding hydrogens is 400 g/mol. The lowest BCUT2D eigenvalue weighted by Crippen LogP contribution is -2.27. The van der Waals surface area contributed by atoms with Crippen LogP contribution in [0.5, 0.6) is 0 Å². The Kier molecular flexibility index (Phi) is 4.70. The maximum Gasteiger partial charge on any atom is 0.230 e. The topological polar surface area (TPSA) is 103 Å². The highest BCUT2D eigenvalue weighted by atomic mass is 32.1. The minimum Gasteiger partial charge on any atom is -0.365 e. The van der Waals surface area contributed by atoms with E-state index in [0.717, 1.165) is 46.1 Å². The number of Topliss-reactive ketones (excluding diaryl/α,β-unsaturated/α-hetero) is 1. The van der Waals surface area contributed by atoms with E-state index in [2.05, 4.69) is 20.1 Å². The van der Waals surface area contributed by atoms with Crippen molar-refractivity contribution >= 4 is 45.1 Å². The number of ketones is 1. The molecule has 1 aliphatic rings. The quantitative estimate of drug-likeness (QED) is 0.507. The van der Waals surface area contributed by atoms with Gasteiger partial charge in [0.2, 0.25) is 5.95 Å². The van der Waals surface area contributed by atoms with Crippen LogP contribution in [0.3, 0.4) is 0 Å². The average molecular weight is 423 g/mol. The highest BCUT2D eigenvalue weighted by Crippen LogP contribution is 2.30. The maximum absolute atomic E-state index is 11.7. The number of fused-ring (bicyclic) bond motifs is 1. The summed E-state index contributed by atoms with van der Waals surface area (Å²) in [5.41, 5.74) is 3.62. The predicted molar refractivity (Wildman–Crippen MR) is 117 cm³/mol. The number of hydrogen-bond donors (Lipinski definition) is 2. The number of anilines is 3. The van der Waals surface area contributed by atoms with Crippen LogP contribution in [-0.2, 0) is 11.8 Å². The van der Waals surface area contributed by atoms with E-state index in [-0.39, 0.29) is 6.04 Å². The zero-order valence-electron chi connectivity index (χ0n) is 16.8. The molecule has 0 bridgehead atoms. The van der Waals surface area contributed by atoms with Gasteiger partial charge in [0.25, 0.3) is 0 Å². The number of carbonyl (C=O) groups is 1. The van der Waals surface area contributed by atoms with Gasteiger partial charge >= 0.3 is 0 Å². The second kappa shape index (κ2) is 7.52. The van der Waals surface area contributed by atoms with Crippen LogP contribution in [0.1, 0.15) is 31.4 Å². The van der Waals surface area contributed by atoms with E-state index in [4.69, 9.17) is 9.97 Å². The number of nitrogens with zero attached hydrogens (tertiary/aromatic N) is 6. The molecule has 0 radical (unpaired) electrons. The molecule has 4 aromatic heterocycles. The highest BCUT2D eigenvalue weighted by Gasteiger charge is 2.22. The van der Waals surface area contributed by atoms with E-state index in [1.165, 1.54) is 11.5 Å². The Morgan fingerprint density at radius 1 is 1.23 bits per heavy atom. The summed E-state index contributed by atoms with van der Waals surface area (Å²) in [5, 5.41) is 12.0. The largest absolute Gasteiger partial charge is 0.365 e.